The molecule has 1 aliphatic rings. The lowest BCUT2D eigenvalue weighted by Gasteiger charge is -2.13. The van der Waals surface area contributed by atoms with Gasteiger partial charge >= 0.3 is 0 Å². The number of rotatable bonds is 4. The first-order valence-corrected chi connectivity index (χ1v) is 7.36. The molecular weight excluding hydrogens is 264 g/mol. The topological polar surface area (TPSA) is 44.9 Å². The standard InChI is InChI=1S/C13H19ClN4O/c1-3-4-10-12-13(17(2)16-10)18(11(7-14)15-12)9-5-6-19-8-9/h9H,3-8H2,1-2H3. The maximum Gasteiger partial charge on any atom is 0.159 e. The third-order valence-corrected chi connectivity index (χ3v) is 3.93. The Morgan fingerprint density at radius 2 is 2.32 bits per heavy atom. The van der Waals surface area contributed by atoms with Crippen LogP contribution in [0.1, 0.15) is 37.3 Å². The molecule has 1 atom stereocenters. The Morgan fingerprint density at radius 1 is 1.47 bits per heavy atom. The summed E-state index contributed by atoms with van der Waals surface area (Å²) in [4.78, 5) is 4.71. The molecule has 1 aliphatic heterocycles. The second-order valence-corrected chi connectivity index (χ2v) is 5.31. The van der Waals surface area contributed by atoms with Crippen molar-refractivity contribution in [1.82, 2.24) is 19.3 Å². The monoisotopic (exact) mass is 282 g/mol. The summed E-state index contributed by atoms with van der Waals surface area (Å²) in [6, 6.07) is 0.337. The number of ether oxygens (including phenoxy) is 1. The summed E-state index contributed by atoms with van der Waals surface area (Å²) in [7, 11) is 1.98. The highest BCUT2D eigenvalue weighted by Gasteiger charge is 2.26. The molecule has 0 saturated carbocycles. The number of aromatic nitrogens is 4. The number of alkyl halides is 1. The van der Waals surface area contributed by atoms with Crippen molar-refractivity contribution in [1.29, 1.82) is 0 Å². The van der Waals surface area contributed by atoms with Gasteiger partial charge in [0.25, 0.3) is 0 Å². The van der Waals surface area contributed by atoms with Gasteiger partial charge in [-0.25, -0.2) is 4.98 Å². The molecule has 1 unspecified atom stereocenters. The fraction of sp³-hybridized carbons (Fsp3) is 0.692. The lowest BCUT2D eigenvalue weighted by Crippen LogP contribution is -2.13. The van der Waals surface area contributed by atoms with Gasteiger partial charge in [0.15, 0.2) is 5.65 Å². The van der Waals surface area contributed by atoms with Crippen LogP contribution in [0, 0.1) is 0 Å². The predicted octanol–water partition coefficient (Wildman–Crippen LogP) is 2.42. The first kappa shape index (κ1) is 12.9. The largest absolute Gasteiger partial charge is 0.379 e. The van der Waals surface area contributed by atoms with Crippen LogP contribution in [0.2, 0.25) is 0 Å². The van der Waals surface area contributed by atoms with E-state index >= 15 is 0 Å². The Balaban J connectivity index is 2.17. The van der Waals surface area contributed by atoms with Crippen molar-refractivity contribution >= 4 is 22.8 Å². The molecule has 5 nitrogen and oxygen atoms in total. The van der Waals surface area contributed by atoms with Crippen LogP contribution in [0.25, 0.3) is 11.2 Å². The van der Waals surface area contributed by atoms with Gasteiger partial charge in [-0.1, -0.05) is 13.3 Å². The third kappa shape index (κ3) is 2.05. The summed E-state index contributed by atoms with van der Waals surface area (Å²) >= 11 is 6.07. The van der Waals surface area contributed by atoms with Gasteiger partial charge in [0.1, 0.15) is 11.3 Å². The molecule has 0 radical (unpaired) electrons. The maximum absolute atomic E-state index is 6.07. The Bertz CT molecular complexity index is 583. The van der Waals surface area contributed by atoms with E-state index in [1.165, 1.54) is 0 Å². The molecule has 19 heavy (non-hydrogen) atoms. The lowest BCUT2D eigenvalue weighted by atomic mass is 10.2. The first-order valence-electron chi connectivity index (χ1n) is 6.82. The molecule has 2 aromatic heterocycles. The van der Waals surface area contributed by atoms with E-state index in [0.29, 0.717) is 11.9 Å². The molecule has 0 amide bonds. The Morgan fingerprint density at radius 3 is 2.95 bits per heavy atom. The molecule has 3 rings (SSSR count). The van der Waals surface area contributed by atoms with Crippen molar-refractivity contribution < 1.29 is 4.74 Å². The average molecular weight is 283 g/mol. The van der Waals surface area contributed by atoms with Crippen LogP contribution in [0.5, 0.6) is 0 Å². The van der Waals surface area contributed by atoms with Crippen molar-refractivity contribution in [2.75, 3.05) is 13.2 Å². The van der Waals surface area contributed by atoms with Gasteiger partial charge in [-0.3, -0.25) is 4.68 Å². The normalized spacial score (nSPS) is 19.6. The summed E-state index contributed by atoms with van der Waals surface area (Å²) in [6.45, 7) is 3.71. The lowest BCUT2D eigenvalue weighted by molar-refractivity contribution is 0.186. The molecule has 0 N–H and O–H groups in total. The molecule has 1 saturated heterocycles. The van der Waals surface area contributed by atoms with Crippen molar-refractivity contribution in [3.8, 4) is 0 Å². The van der Waals surface area contributed by atoms with E-state index in [9.17, 15) is 0 Å². The number of fused-ring (bicyclic) bond motifs is 1. The molecule has 0 aromatic carbocycles. The van der Waals surface area contributed by atoms with E-state index in [0.717, 1.165) is 55.2 Å². The zero-order valence-electron chi connectivity index (χ0n) is 11.4. The highest BCUT2D eigenvalue weighted by Crippen LogP contribution is 2.29. The molecule has 0 aliphatic carbocycles. The van der Waals surface area contributed by atoms with Gasteiger partial charge < -0.3 is 9.30 Å². The van der Waals surface area contributed by atoms with Crippen LogP contribution in [-0.2, 0) is 24.1 Å². The Labute approximate surface area is 117 Å². The van der Waals surface area contributed by atoms with Crippen molar-refractivity contribution in [2.45, 2.75) is 38.1 Å². The minimum Gasteiger partial charge on any atom is -0.379 e. The number of imidazole rings is 1. The number of aryl methyl sites for hydroxylation is 2. The third-order valence-electron chi connectivity index (χ3n) is 3.69. The van der Waals surface area contributed by atoms with Gasteiger partial charge in [-0.05, 0) is 12.8 Å². The van der Waals surface area contributed by atoms with Crippen molar-refractivity contribution in [3.63, 3.8) is 0 Å². The smallest absolute Gasteiger partial charge is 0.159 e. The van der Waals surface area contributed by atoms with Crippen molar-refractivity contribution in [2.24, 2.45) is 7.05 Å². The number of hydrogen-bond acceptors (Lipinski definition) is 3. The summed E-state index contributed by atoms with van der Waals surface area (Å²) in [5.41, 5.74) is 3.16. The fourth-order valence-corrected chi connectivity index (χ4v) is 3.05. The molecule has 6 heteroatoms. The molecule has 0 bridgehead atoms. The van der Waals surface area contributed by atoms with E-state index in [-0.39, 0.29) is 0 Å². The highest BCUT2D eigenvalue weighted by molar-refractivity contribution is 6.16. The molecule has 0 spiro atoms. The summed E-state index contributed by atoms with van der Waals surface area (Å²) in [6.07, 6.45) is 3.04. The van der Waals surface area contributed by atoms with Crippen LogP contribution >= 0.6 is 11.6 Å². The molecular formula is C13H19ClN4O. The van der Waals surface area contributed by atoms with E-state index < -0.39 is 0 Å². The zero-order valence-corrected chi connectivity index (χ0v) is 12.2. The minimum atomic E-state index is 0.337. The van der Waals surface area contributed by atoms with Gasteiger partial charge in [-0.2, -0.15) is 5.10 Å². The van der Waals surface area contributed by atoms with Gasteiger partial charge in [0.2, 0.25) is 0 Å². The van der Waals surface area contributed by atoms with Crippen LogP contribution < -0.4 is 0 Å². The summed E-state index contributed by atoms with van der Waals surface area (Å²) in [5, 5.41) is 4.60. The minimum absolute atomic E-state index is 0.337. The van der Waals surface area contributed by atoms with Crippen LogP contribution in [-0.4, -0.2) is 32.5 Å². The average Bonchev–Trinajstić information content (AvgIpc) is 3.08. The van der Waals surface area contributed by atoms with Gasteiger partial charge in [0, 0.05) is 13.7 Å². The van der Waals surface area contributed by atoms with Crippen LogP contribution in [0.15, 0.2) is 0 Å². The quantitative estimate of drug-likeness (QED) is 0.809. The van der Waals surface area contributed by atoms with E-state index in [1.54, 1.807) is 0 Å². The highest BCUT2D eigenvalue weighted by atomic mass is 35.5. The summed E-state index contributed by atoms with van der Waals surface area (Å²) in [5.74, 6) is 1.36. The molecule has 104 valence electrons. The fourth-order valence-electron chi connectivity index (χ4n) is 2.86. The molecule has 2 aromatic rings. The van der Waals surface area contributed by atoms with E-state index in [4.69, 9.17) is 21.3 Å². The van der Waals surface area contributed by atoms with Gasteiger partial charge in [0.05, 0.1) is 24.2 Å². The van der Waals surface area contributed by atoms with E-state index in [2.05, 4.69) is 16.6 Å². The second-order valence-electron chi connectivity index (χ2n) is 5.04. The van der Waals surface area contributed by atoms with Crippen LogP contribution in [0.3, 0.4) is 0 Å². The van der Waals surface area contributed by atoms with Crippen LogP contribution in [0.4, 0.5) is 0 Å². The summed E-state index contributed by atoms with van der Waals surface area (Å²) < 4.78 is 9.66. The predicted molar refractivity (Wildman–Crippen MR) is 74.5 cm³/mol. The second kappa shape index (κ2) is 5.13. The van der Waals surface area contributed by atoms with Gasteiger partial charge in [-0.15, -0.1) is 11.6 Å². The molecule has 1 fully saturated rings. The zero-order chi connectivity index (χ0) is 13.4. The first-order chi connectivity index (χ1) is 9.26. The Kier molecular flexibility index (Phi) is 3.50. The SMILES string of the molecule is CCCc1nn(C)c2c1nc(CCl)n2C1CCOC1. The maximum atomic E-state index is 6.07. The number of hydrogen-bond donors (Lipinski definition) is 0. The van der Waals surface area contributed by atoms with Crippen molar-refractivity contribution in [3.05, 3.63) is 11.5 Å². The Hall–Kier alpha value is -1.07. The number of nitrogens with zero attached hydrogens (tertiary/aromatic N) is 4. The molecule has 3 heterocycles. The number of halogens is 1. The van der Waals surface area contributed by atoms with E-state index in [1.807, 2.05) is 11.7 Å².